The van der Waals surface area contributed by atoms with Gasteiger partial charge >= 0.3 is 0 Å². The molecule has 1 fully saturated rings. The summed E-state index contributed by atoms with van der Waals surface area (Å²) < 4.78 is 0. The summed E-state index contributed by atoms with van der Waals surface area (Å²) in [6, 6.07) is 3.94. The van der Waals surface area contributed by atoms with Gasteiger partial charge in [-0.05, 0) is 37.3 Å². The first-order valence-corrected chi connectivity index (χ1v) is 5.90. The molecule has 3 nitrogen and oxygen atoms in total. The third-order valence-electron chi connectivity index (χ3n) is 3.17. The topological polar surface area (TPSA) is 33.2 Å². The van der Waals surface area contributed by atoms with Crippen molar-refractivity contribution in [3.05, 3.63) is 23.9 Å². The van der Waals surface area contributed by atoms with E-state index in [0.717, 1.165) is 30.8 Å². The summed E-state index contributed by atoms with van der Waals surface area (Å²) in [5.41, 5.74) is 1.12. The number of rotatable bonds is 1. The first-order chi connectivity index (χ1) is 7.66. The largest absolute Gasteiger partial charge is 0.297 e. The molecule has 0 spiro atoms. The predicted octanol–water partition coefficient (Wildman–Crippen LogP) is 2.54. The number of amides is 1. The van der Waals surface area contributed by atoms with Crippen molar-refractivity contribution in [3.63, 3.8) is 0 Å². The highest BCUT2D eigenvalue weighted by Crippen LogP contribution is 2.21. The second-order valence-corrected chi connectivity index (χ2v) is 4.67. The van der Waals surface area contributed by atoms with Gasteiger partial charge in [-0.1, -0.05) is 13.0 Å². The molecule has 0 bridgehead atoms. The molecular weight excluding hydrogens is 200 g/mol. The Morgan fingerprint density at radius 1 is 1.38 bits per heavy atom. The Morgan fingerprint density at radius 3 is 2.88 bits per heavy atom. The number of aryl methyl sites for hydroxylation is 1. The molecular formula is C13H18N2O. The minimum Gasteiger partial charge on any atom is -0.297 e. The molecule has 1 saturated heterocycles. The van der Waals surface area contributed by atoms with Crippen molar-refractivity contribution in [1.82, 2.24) is 4.98 Å². The lowest BCUT2D eigenvalue weighted by Crippen LogP contribution is -2.30. The molecule has 1 atom stereocenters. The highest BCUT2D eigenvalue weighted by atomic mass is 16.2. The van der Waals surface area contributed by atoms with E-state index in [1.54, 1.807) is 0 Å². The summed E-state index contributed by atoms with van der Waals surface area (Å²) in [6.07, 6.45) is 4.54. The van der Waals surface area contributed by atoms with Crippen molar-refractivity contribution in [3.8, 4) is 0 Å². The molecule has 1 aliphatic heterocycles. The van der Waals surface area contributed by atoms with Gasteiger partial charge in [0.1, 0.15) is 5.82 Å². The minimum atomic E-state index is 0.209. The fourth-order valence-corrected chi connectivity index (χ4v) is 1.99. The van der Waals surface area contributed by atoms with E-state index in [0.29, 0.717) is 12.3 Å². The van der Waals surface area contributed by atoms with E-state index in [4.69, 9.17) is 0 Å². The number of aromatic nitrogens is 1. The molecule has 1 amide bonds. The zero-order valence-electron chi connectivity index (χ0n) is 9.94. The van der Waals surface area contributed by atoms with Crippen LogP contribution in [-0.2, 0) is 4.79 Å². The molecule has 0 radical (unpaired) electrons. The Kier molecular flexibility index (Phi) is 3.22. The fourth-order valence-electron chi connectivity index (χ4n) is 1.99. The molecule has 0 aliphatic carbocycles. The van der Waals surface area contributed by atoms with Crippen LogP contribution >= 0.6 is 0 Å². The van der Waals surface area contributed by atoms with Gasteiger partial charge in [0.05, 0.1) is 0 Å². The molecule has 1 aromatic rings. The number of pyridine rings is 1. The summed E-state index contributed by atoms with van der Waals surface area (Å²) in [6.45, 7) is 5.01. The molecule has 0 aromatic carbocycles. The molecule has 0 N–H and O–H groups in total. The first kappa shape index (κ1) is 11.1. The van der Waals surface area contributed by atoms with E-state index in [-0.39, 0.29) is 5.91 Å². The summed E-state index contributed by atoms with van der Waals surface area (Å²) >= 11 is 0. The van der Waals surface area contributed by atoms with Crippen molar-refractivity contribution in [2.45, 2.75) is 33.1 Å². The Balaban J connectivity index is 2.18. The maximum atomic E-state index is 11.9. The van der Waals surface area contributed by atoms with Crippen LogP contribution in [0.1, 0.15) is 31.7 Å². The van der Waals surface area contributed by atoms with E-state index in [9.17, 15) is 4.79 Å². The monoisotopic (exact) mass is 218 g/mol. The fraction of sp³-hybridized carbons (Fsp3) is 0.538. The highest BCUT2D eigenvalue weighted by Gasteiger charge is 2.21. The van der Waals surface area contributed by atoms with Gasteiger partial charge in [0.2, 0.25) is 5.91 Å². The maximum Gasteiger partial charge on any atom is 0.228 e. The number of nitrogens with zero attached hydrogens (tertiary/aromatic N) is 2. The van der Waals surface area contributed by atoms with E-state index < -0.39 is 0 Å². The lowest BCUT2D eigenvalue weighted by Gasteiger charge is -2.19. The highest BCUT2D eigenvalue weighted by molar-refractivity contribution is 5.92. The molecule has 2 heterocycles. The normalized spacial score (nSPS) is 22.0. The molecule has 86 valence electrons. The Hall–Kier alpha value is -1.38. The van der Waals surface area contributed by atoms with Gasteiger partial charge in [-0.25, -0.2) is 4.98 Å². The third kappa shape index (κ3) is 2.40. The Labute approximate surface area is 96.5 Å². The van der Waals surface area contributed by atoms with Crippen LogP contribution in [0.25, 0.3) is 0 Å². The van der Waals surface area contributed by atoms with E-state index in [2.05, 4.69) is 11.9 Å². The SMILES string of the molecule is Cc1ccc(N2CCC(C)CCC2=O)nc1. The average molecular weight is 218 g/mol. The Morgan fingerprint density at radius 2 is 2.19 bits per heavy atom. The van der Waals surface area contributed by atoms with Crippen LogP contribution in [0.15, 0.2) is 18.3 Å². The molecule has 2 rings (SSSR count). The van der Waals surface area contributed by atoms with Gasteiger partial charge in [0.25, 0.3) is 0 Å². The molecule has 1 unspecified atom stereocenters. The predicted molar refractivity (Wildman–Crippen MR) is 64.3 cm³/mol. The zero-order valence-corrected chi connectivity index (χ0v) is 9.94. The lowest BCUT2D eigenvalue weighted by atomic mass is 10.0. The van der Waals surface area contributed by atoms with Gasteiger partial charge in [-0.15, -0.1) is 0 Å². The van der Waals surface area contributed by atoms with Crippen LogP contribution in [0.3, 0.4) is 0 Å². The van der Waals surface area contributed by atoms with Crippen LogP contribution in [0.4, 0.5) is 5.82 Å². The third-order valence-corrected chi connectivity index (χ3v) is 3.17. The van der Waals surface area contributed by atoms with Crippen molar-refractivity contribution >= 4 is 11.7 Å². The average Bonchev–Trinajstić information content (AvgIpc) is 2.44. The molecule has 16 heavy (non-hydrogen) atoms. The molecule has 0 saturated carbocycles. The van der Waals surface area contributed by atoms with Gasteiger partial charge in [-0.2, -0.15) is 0 Å². The van der Waals surface area contributed by atoms with Gasteiger partial charge in [-0.3, -0.25) is 9.69 Å². The van der Waals surface area contributed by atoms with Gasteiger partial charge in [0.15, 0.2) is 0 Å². The van der Waals surface area contributed by atoms with Crippen molar-refractivity contribution in [1.29, 1.82) is 0 Å². The van der Waals surface area contributed by atoms with Crippen LogP contribution in [0.2, 0.25) is 0 Å². The summed E-state index contributed by atoms with van der Waals surface area (Å²) in [4.78, 5) is 18.1. The lowest BCUT2D eigenvalue weighted by molar-refractivity contribution is -0.118. The number of hydrogen-bond donors (Lipinski definition) is 0. The number of anilines is 1. The van der Waals surface area contributed by atoms with Crippen molar-refractivity contribution in [2.75, 3.05) is 11.4 Å². The summed E-state index contributed by atoms with van der Waals surface area (Å²) in [7, 11) is 0. The van der Waals surface area contributed by atoms with Crippen LogP contribution in [0.5, 0.6) is 0 Å². The standard InChI is InChI=1S/C13H18N2O/c1-10-4-6-13(16)15(8-7-10)12-5-3-11(2)9-14-12/h3,5,9-10H,4,6-8H2,1-2H3. The van der Waals surface area contributed by atoms with Gasteiger partial charge in [0, 0.05) is 19.2 Å². The van der Waals surface area contributed by atoms with E-state index in [1.165, 1.54) is 0 Å². The molecule has 1 aromatic heterocycles. The molecule has 1 aliphatic rings. The maximum absolute atomic E-state index is 11.9. The second kappa shape index (κ2) is 4.64. The second-order valence-electron chi connectivity index (χ2n) is 4.67. The molecule has 3 heteroatoms. The quantitative estimate of drug-likeness (QED) is 0.725. The number of carbonyl (C=O) groups excluding carboxylic acids is 1. The van der Waals surface area contributed by atoms with Crippen molar-refractivity contribution < 1.29 is 4.79 Å². The zero-order chi connectivity index (χ0) is 11.5. The van der Waals surface area contributed by atoms with E-state index in [1.807, 2.05) is 30.2 Å². The smallest absolute Gasteiger partial charge is 0.228 e. The van der Waals surface area contributed by atoms with E-state index >= 15 is 0 Å². The number of carbonyl (C=O) groups is 1. The Bertz CT molecular complexity index is 372. The van der Waals surface area contributed by atoms with Crippen LogP contribution < -0.4 is 4.90 Å². The van der Waals surface area contributed by atoms with Crippen molar-refractivity contribution in [2.24, 2.45) is 5.92 Å². The first-order valence-electron chi connectivity index (χ1n) is 5.90. The number of hydrogen-bond acceptors (Lipinski definition) is 2. The summed E-state index contributed by atoms with van der Waals surface area (Å²) in [5.74, 6) is 1.64. The van der Waals surface area contributed by atoms with Crippen LogP contribution in [0, 0.1) is 12.8 Å². The summed E-state index contributed by atoms with van der Waals surface area (Å²) in [5, 5.41) is 0. The van der Waals surface area contributed by atoms with Crippen LogP contribution in [-0.4, -0.2) is 17.4 Å². The van der Waals surface area contributed by atoms with Gasteiger partial charge < -0.3 is 0 Å². The minimum absolute atomic E-state index is 0.209.